The van der Waals surface area contributed by atoms with Crippen molar-refractivity contribution in [2.24, 2.45) is 0 Å². The first kappa shape index (κ1) is 15.3. The lowest BCUT2D eigenvalue weighted by atomic mass is 9.94. The summed E-state index contributed by atoms with van der Waals surface area (Å²) in [6.45, 7) is 3.17. The zero-order valence-corrected chi connectivity index (χ0v) is 12.8. The minimum absolute atomic E-state index is 0.0964. The highest BCUT2D eigenvalue weighted by atomic mass is 19.1. The third-order valence-corrected chi connectivity index (χ3v) is 4.42. The lowest BCUT2D eigenvalue weighted by Crippen LogP contribution is -2.01. The fourth-order valence-electron chi connectivity index (χ4n) is 3.18. The molecule has 1 aromatic carbocycles. The van der Waals surface area contributed by atoms with Gasteiger partial charge in [-0.05, 0) is 18.1 Å². The van der Waals surface area contributed by atoms with Gasteiger partial charge in [0, 0.05) is 12.5 Å². The lowest BCUT2D eigenvalue weighted by Gasteiger charge is -2.09. The smallest absolute Gasteiger partial charge is 0.146 e. The first-order valence-electron chi connectivity index (χ1n) is 8.35. The number of hydrogen-bond acceptors (Lipinski definition) is 1. The van der Waals surface area contributed by atoms with E-state index in [4.69, 9.17) is 0 Å². The van der Waals surface area contributed by atoms with Gasteiger partial charge in [0.2, 0.25) is 0 Å². The summed E-state index contributed by atoms with van der Waals surface area (Å²) >= 11 is 0. The molecule has 1 N–H and O–H groups in total. The monoisotopic (exact) mass is 277 g/mol. The van der Waals surface area contributed by atoms with E-state index in [9.17, 15) is 4.39 Å². The highest BCUT2D eigenvalue weighted by molar-refractivity contribution is 5.58. The second-order valence-electron chi connectivity index (χ2n) is 6.05. The summed E-state index contributed by atoms with van der Waals surface area (Å²) in [4.78, 5) is 0. The molecule has 0 radical (unpaired) electrons. The van der Waals surface area contributed by atoms with Crippen molar-refractivity contribution < 1.29 is 4.39 Å². The maximum Gasteiger partial charge on any atom is 0.146 e. The average molecular weight is 277 g/mol. The Morgan fingerprint density at radius 3 is 2.50 bits per heavy atom. The topological polar surface area (TPSA) is 12.0 Å². The minimum Gasteiger partial charge on any atom is -0.382 e. The van der Waals surface area contributed by atoms with E-state index >= 15 is 0 Å². The van der Waals surface area contributed by atoms with Crippen LogP contribution in [0.15, 0.2) is 18.2 Å². The molecule has 0 saturated heterocycles. The molecule has 0 spiro atoms. The van der Waals surface area contributed by atoms with Crippen LogP contribution in [0.1, 0.15) is 76.2 Å². The molecule has 2 heteroatoms. The van der Waals surface area contributed by atoms with E-state index in [2.05, 4.69) is 18.3 Å². The summed E-state index contributed by atoms with van der Waals surface area (Å²) < 4.78 is 13.6. The van der Waals surface area contributed by atoms with Crippen molar-refractivity contribution in [1.82, 2.24) is 0 Å². The Bertz CT molecular complexity index is 402. The van der Waals surface area contributed by atoms with Crippen LogP contribution in [0, 0.1) is 5.82 Å². The molecule has 0 fully saturated rings. The fraction of sp³-hybridized carbons (Fsp3) is 0.667. The summed E-state index contributed by atoms with van der Waals surface area (Å²) in [5, 5.41) is 3.22. The second-order valence-corrected chi connectivity index (χ2v) is 6.05. The van der Waals surface area contributed by atoms with Crippen LogP contribution in [0.25, 0.3) is 0 Å². The molecule has 112 valence electrons. The number of anilines is 1. The second kappa shape index (κ2) is 8.28. The van der Waals surface area contributed by atoms with Gasteiger partial charge in [-0.1, -0.05) is 70.4 Å². The van der Waals surface area contributed by atoms with Crippen LogP contribution in [0.4, 0.5) is 10.1 Å². The van der Waals surface area contributed by atoms with E-state index < -0.39 is 0 Å². The standard InChI is InChI=1S/C18H28FN/c1-2-3-4-5-6-7-8-9-11-15-14-20-18-16(15)12-10-13-17(18)19/h10,12-13,15,20H,2-9,11,14H2,1H3. The van der Waals surface area contributed by atoms with Crippen molar-refractivity contribution in [2.45, 2.75) is 70.6 Å². The molecule has 1 nitrogen and oxygen atoms in total. The number of unbranched alkanes of at least 4 members (excludes halogenated alkanes) is 7. The van der Waals surface area contributed by atoms with Gasteiger partial charge < -0.3 is 5.32 Å². The Morgan fingerprint density at radius 2 is 1.75 bits per heavy atom. The Balaban J connectivity index is 1.61. The van der Waals surface area contributed by atoms with E-state index in [1.165, 1.54) is 63.4 Å². The SMILES string of the molecule is CCCCCCCCCCC1CNc2c(F)cccc21. The molecule has 0 bridgehead atoms. The number of para-hydroxylation sites is 1. The minimum atomic E-state index is -0.0964. The van der Waals surface area contributed by atoms with Gasteiger partial charge in [-0.3, -0.25) is 0 Å². The van der Waals surface area contributed by atoms with Crippen LogP contribution in [0.3, 0.4) is 0 Å². The van der Waals surface area contributed by atoms with Gasteiger partial charge in [-0.25, -0.2) is 4.39 Å². The van der Waals surface area contributed by atoms with Gasteiger partial charge in [0.05, 0.1) is 5.69 Å². The molecule has 1 unspecified atom stereocenters. The molecular weight excluding hydrogens is 249 g/mol. The number of rotatable bonds is 9. The molecule has 1 aliphatic rings. The van der Waals surface area contributed by atoms with Crippen LogP contribution in [0.5, 0.6) is 0 Å². The number of benzene rings is 1. The van der Waals surface area contributed by atoms with Crippen LogP contribution < -0.4 is 5.32 Å². The molecule has 1 atom stereocenters. The van der Waals surface area contributed by atoms with Gasteiger partial charge in [0.1, 0.15) is 5.82 Å². The van der Waals surface area contributed by atoms with Crippen LogP contribution >= 0.6 is 0 Å². The molecule has 0 amide bonds. The molecule has 0 aliphatic carbocycles. The Hall–Kier alpha value is -1.05. The zero-order chi connectivity index (χ0) is 14.2. The first-order chi connectivity index (χ1) is 9.83. The number of nitrogens with one attached hydrogen (secondary N) is 1. The van der Waals surface area contributed by atoms with Crippen molar-refractivity contribution in [3.63, 3.8) is 0 Å². The fourth-order valence-corrected chi connectivity index (χ4v) is 3.18. The van der Waals surface area contributed by atoms with E-state index in [0.717, 1.165) is 12.2 Å². The number of hydrogen-bond donors (Lipinski definition) is 1. The molecule has 20 heavy (non-hydrogen) atoms. The van der Waals surface area contributed by atoms with E-state index in [-0.39, 0.29) is 5.82 Å². The molecule has 0 aromatic heterocycles. The predicted octanol–water partition coefficient (Wildman–Crippen LogP) is 5.87. The Labute approximate surface area is 123 Å². The number of halogens is 1. The van der Waals surface area contributed by atoms with Gasteiger partial charge >= 0.3 is 0 Å². The summed E-state index contributed by atoms with van der Waals surface area (Å²) in [5.41, 5.74) is 1.94. The third-order valence-electron chi connectivity index (χ3n) is 4.42. The summed E-state index contributed by atoms with van der Waals surface area (Å²) in [6, 6.07) is 5.46. The zero-order valence-electron chi connectivity index (χ0n) is 12.8. The van der Waals surface area contributed by atoms with Crippen LogP contribution in [-0.4, -0.2) is 6.54 Å². The third kappa shape index (κ3) is 4.22. The molecule has 0 saturated carbocycles. The van der Waals surface area contributed by atoms with Gasteiger partial charge in [-0.2, -0.15) is 0 Å². The Kier molecular flexibility index (Phi) is 6.35. The number of fused-ring (bicyclic) bond motifs is 1. The summed E-state index contributed by atoms with van der Waals surface area (Å²) in [6.07, 6.45) is 12.0. The van der Waals surface area contributed by atoms with Gasteiger partial charge in [0.25, 0.3) is 0 Å². The van der Waals surface area contributed by atoms with E-state index in [0.29, 0.717) is 5.92 Å². The first-order valence-corrected chi connectivity index (χ1v) is 8.35. The molecule has 2 rings (SSSR count). The molecular formula is C18H28FN. The van der Waals surface area contributed by atoms with Crippen molar-refractivity contribution in [3.05, 3.63) is 29.6 Å². The average Bonchev–Trinajstić information content (AvgIpc) is 2.87. The summed E-state index contributed by atoms with van der Waals surface area (Å²) in [5.74, 6) is 0.418. The Morgan fingerprint density at radius 1 is 1.05 bits per heavy atom. The van der Waals surface area contributed by atoms with Crippen LogP contribution in [-0.2, 0) is 0 Å². The van der Waals surface area contributed by atoms with Gasteiger partial charge in [0.15, 0.2) is 0 Å². The van der Waals surface area contributed by atoms with E-state index in [1.807, 2.05) is 6.07 Å². The maximum atomic E-state index is 13.6. The normalized spacial score (nSPS) is 17.0. The van der Waals surface area contributed by atoms with Crippen LogP contribution in [0.2, 0.25) is 0 Å². The predicted molar refractivity (Wildman–Crippen MR) is 84.9 cm³/mol. The molecule has 1 aliphatic heterocycles. The van der Waals surface area contributed by atoms with Crippen molar-refractivity contribution in [1.29, 1.82) is 0 Å². The highest BCUT2D eigenvalue weighted by Gasteiger charge is 2.23. The van der Waals surface area contributed by atoms with Crippen molar-refractivity contribution in [3.8, 4) is 0 Å². The maximum absolute atomic E-state index is 13.6. The quantitative estimate of drug-likeness (QED) is 0.557. The molecule has 1 aromatic rings. The highest BCUT2D eigenvalue weighted by Crippen LogP contribution is 2.36. The van der Waals surface area contributed by atoms with Crippen molar-refractivity contribution >= 4 is 5.69 Å². The molecule has 1 heterocycles. The van der Waals surface area contributed by atoms with E-state index in [1.54, 1.807) is 6.07 Å². The lowest BCUT2D eigenvalue weighted by molar-refractivity contribution is 0.543. The van der Waals surface area contributed by atoms with Crippen molar-refractivity contribution in [2.75, 3.05) is 11.9 Å². The summed E-state index contributed by atoms with van der Waals surface area (Å²) in [7, 11) is 0. The van der Waals surface area contributed by atoms with Gasteiger partial charge in [-0.15, -0.1) is 0 Å². The largest absolute Gasteiger partial charge is 0.382 e.